The van der Waals surface area contributed by atoms with Crippen LogP contribution < -0.4 is 15.4 Å². The first-order valence-electron chi connectivity index (χ1n) is 9.16. The topological polar surface area (TPSA) is 63.5 Å². The number of hydrogen-bond donors (Lipinski definition) is 2. The van der Waals surface area contributed by atoms with Gasteiger partial charge in [0.2, 0.25) is 0 Å². The molecule has 2 aromatic rings. The SMILES string of the molecule is CN=C(NCCCc1cnn(C)c1)NCc1ccc(C)cc1OC(C)C. The number of hydrogen-bond acceptors (Lipinski definition) is 3. The van der Waals surface area contributed by atoms with Gasteiger partial charge in [0.15, 0.2) is 5.96 Å². The van der Waals surface area contributed by atoms with Gasteiger partial charge >= 0.3 is 0 Å². The summed E-state index contributed by atoms with van der Waals surface area (Å²) < 4.78 is 7.77. The molecular formula is C20H31N5O. The van der Waals surface area contributed by atoms with E-state index in [-0.39, 0.29) is 6.10 Å². The monoisotopic (exact) mass is 357 g/mol. The first-order valence-corrected chi connectivity index (χ1v) is 9.16. The average molecular weight is 358 g/mol. The third-order valence-electron chi connectivity index (χ3n) is 3.95. The molecule has 0 fully saturated rings. The highest BCUT2D eigenvalue weighted by Gasteiger charge is 2.07. The number of rotatable bonds is 8. The first-order chi connectivity index (χ1) is 12.5. The number of aliphatic imine (C=N–C) groups is 1. The Bertz CT molecular complexity index is 721. The van der Waals surface area contributed by atoms with Crippen molar-refractivity contribution in [3.63, 3.8) is 0 Å². The van der Waals surface area contributed by atoms with Gasteiger partial charge in [0.1, 0.15) is 5.75 Å². The summed E-state index contributed by atoms with van der Waals surface area (Å²) in [5, 5.41) is 10.9. The Balaban J connectivity index is 1.81. The van der Waals surface area contributed by atoms with Gasteiger partial charge in [-0.25, -0.2) is 0 Å². The van der Waals surface area contributed by atoms with Crippen molar-refractivity contribution in [2.24, 2.45) is 12.0 Å². The molecule has 1 aromatic heterocycles. The predicted octanol–water partition coefficient (Wildman–Crippen LogP) is 2.81. The molecule has 0 unspecified atom stereocenters. The van der Waals surface area contributed by atoms with Gasteiger partial charge in [-0.05, 0) is 50.8 Å². The summed E-state index contributed by atoms with van der Waals surface area (Å²) in [5.74, 6) is 1.73. The molecule has 0 aliphatic carbocycles. The zero-order chi connectivity index (χ0) is 18.9. The fraction of sp³-hybridized carbons (Fsp3) is 0.500. The molecule has 0 radical (unpaired) electrons. The molecule has 6 heteroatoms. The van der Waals surface area contributed by atoms with Crippen LogP contribution in [0.4, 0.5) is 0 Å². The standard InChI is InChI=1S/C20H31N5O/c1-15(2)26-19-11-16(3)8-9-18(19)13-23-20(21-4)22-10-6-7-17-12-24-25(5)14-17/h8-9,11-12,14-15H,6-7,10,13H2,1-5H3,(H2,21,22,23). The maximum Gasteiger partial charge on any atom is 0.191 e. The molecule has 0 spiro atoms. The highest BCUT2D eigenvalue weighted by Crippen LogP contribution is 2.21. The number of ether oxygens (including phenoxy) is 1. The normalized spacial score (nSPS) is 11.7. The minimum Gasteiger partial charge on any atom is -0.491 e. The molecule has 0 saturated heterocycles. The van der Waals surface area contributed by atoms with E-state index in [0.29, 0.717) is 6.54 Å². The zero-order valence-corrected chi connectivity index (χ0v) is 16.5. The fourth-order valence-electron chi connectivity index (χ4n) is 2.67. The summed E-state index contributed by atoms with van der Waals surface area (Å²) in [6.45, 7) is 7.69. The van der Waals surface area contributed by atoms with E-state index in [4.69, 9.17) is 4.74 Å². The van der Waals surface area contributed by atoms with Crippen LogP contribution in [0.3, 0.4) is 0 Å². The summed E-state index contributed by atoms with van der Waals surface area (Å²) in [5.41, 5.74) is 3.58. The van der Waals surface area contributed by atoms with Crippen LogP contribution in [0.2, 0.25) is 0 Å². The minimum absolute atomic E-state index is 0.153. The summed E-state index contributed by atoms with van der Waals surface area (Å²) >= 11 is 0. The Hall–Kier alpha value is -2.50. The third-order valence-corrected chi connectivity index (χ3v) is 3.95. The van der Waals surface area contributed by atoms with Crippen molar-refractivity contribution in [1.29, 1.82) is 0 Å². The molecule has 0 saturated carbocycles. The molecular weight excluding hydrogens is 326 g/mol. The Morgan fingerprint density at radius 2 is 2.12 bits per heavy atom. The molecule has 26 heavy (non-hydrogen) atoms. The fourth-order valence-corrected chi connectivity index (χ4v) is 2.67. The quantitative estimate of drug-likeness (QED) is 0.433. The molecule has 142 valence electrons. The number of benzene rings is 1. The Morgan fingerprint density at radius 3 is 2.77 bits per heavy atom. The van der Waals surface area contributed by atoms with Crippen molar-refractivity contribution < 1.29 is 4.74 Å². The van der Waals surface area contributed by atoms with Crippen molar-refractivity contribution in [3.8, 4) is 5.75 Å². The molecule has 0 aliphatic rings. The highest BCUT2D eigenvalue weighted by atomic mass is 16.5. The lowest BCUT2D eigenvalue weighted by Gasteiger charge is -2.17. The van der Waals surface area contributed by atoms with E-state index >= 15 is 0 Å². The third kappa shape index (κ3) is 6.43. The van der Waals surface area contributed by atoms with Crippen LogP contribution in [0.15, 0.2) is 35.6 Å². The lowest BCUT2D eigenvalue weighted by Crippen LogP contribution is -2.37. The van der Waals surface area contributed by atoms with Crippen molar-refractivity contribution in [1.82, 2.24) is 20.4 Å². The number of nitrogens with zero attached hydrogens (tertiary/aromatic N) is 3. The van der Waals surface area contributed by atoms with Crippen LogP contribution in [0, 0.1) is 6.92 Å². The van der Waals surface area contributed by atoms with Gasteiger partial charge < -0.3 is 15.4 Å². The first kappa shape index (κ1) is 19.8. The van der Waals surface area contributed by atoms with Gasteiger partial charge in [0.05, 0.1) is 12.3 Å². The predicted molar refractivity (Wildman–Crippen MR) is 107 cm³/mol. The van der Waals surface area contributed by atoms with E-state index in [1.165, 1.54) is 11.1 Å². The maximum absolute atomic E-state index is 5.93. The lowest BCUT2D eigenvalue weighted by molar-refractivity contribution is 0.239. The van der Waals surface area contributed by atoms with Gasteiger partial charge in [-0.1, -0.05) is 12.1 Å². The molecule has 0 aliphatic heterocycles. The molecule has 2 rings (SSSR count). The highest BCUT2D eigenvalue weighted by molar-refractivity contribution is 5.79. The summed E-state index contributed by atoms with van der Waals surface area (Å²) in [6, 6.07) is 6.30. The molecule has 0 amide bonds. The molecule has 1 heterocycles. The van der Waals surface area contributed by atoms with E-state index in [0.717, 1.165) is 36.7 Å². The van der Waals surface area contributed by atoms with Crippen molar-refractivity contribution >= 4 is 5.96 Å². The van der Waals surface area contributed by atoms with Gasteiger partial charge in [0, 0.05) is 38.9 Å². The Kier molecular flexibility index (Phi) is 7.51. The Morgan fingerprint density at radius 1 is 1.31 bits per heavy atom. The van der Waals surface area contributed by atoms with E-state index in [9.17, 15) is 0 Å². The second-order valence-corrected chi connectivity index (χ2v) is 6.76. The van der Waals surface area contributed by atoms with Crippen LogP contribution in [0.1, 0.15) is 37.0 Å². The van der Waals surface area contributed by atoms with Crippen molar-refractivity contribution in [3.05, 3.63) is 47.3 Å². The van der Waals surface area contributed by atoms with Gasteiger partial charge in [-0.3, -0.25) is 9.67 Å². The van der Waals surface area contributed by atoms with E-state index in [2.05, 4.69) is 52.0 Å². The Labute approximate surface area is 156 Å². The van der Waals surface area contributed by atoms with Gasteiger partial charge in [-0.15, -0.1) is 0 Å². The lowest BCUT2D eigenvalue weighted by atomic mass is 10.1. The van der Waals surface area contributed by atoms with Crippen LogP contribution in [-0.2, 0) is 20.0 Å². The van der Waals surface area contributed by atoms with Gasteiger partial charge in [-0.2, -0.15) is 5.10 Å². The second kappa shape index (κ2) is 9.85. The largest absolute Gasteiger partial charge is 0.491 e. The average Bonchev–Trinajstić information content (AvgIpc) is 3.00. The van der Waals surface area contributed by atoms with E-state index in [1.54, 1.807) is 7.05 Å². The summed E-state index contributed by atoms with van der Waals surface area (Å²) in [6.07, 6.45) is 6.16. The molecule has 6 nitrogen and oxygen atoms in total. The van der Waals surface area contributed by atoms with Gasteiger partial charge in [0.25, 0.3) is 0 Å². The van der Waals surface area contributed by atoms with Crippen molar-refractivity contribution in [2.45, 2.75) is 46.3 Å². The van der Waals surface area contributed by atoms with Crippen LogP contribution in [0.5, 0.6) is 5.75 Å². The van der Waals surface area contributed by atoms with Crippen LogP contribution in [-0.4, -0.2) is 35.4 Å². The van der Waals surface area contributed by atoms with Crippen LogP contribution in [0.25, 0.3) is 0 Å². The minimum atomic E-state index is 0.153. The number of guanidine groups is 1. The van der Waals surface area contributed by atoms with E-state index in [1.807, 2.05) is 31.8 Å². The summed E-state index contributed by atoms with van der Waals surface area (Å²) in [7, 11) is 3.73. The number of aromatic nitrogens is 2. The number of nitrogens with one attached hydrogen (secondary N) is 2. The number of aryl methyl sites for hydroxylation is 3. The molecule has 2 N–H and O–H groups in total. The summed E-state index contributed by atoms with van der Waals surface area (Å²) in [4.78, 5) is 4.30. The van der Waals surface area contributed by atoms with E-state index < -0.39 is 0 Å². The molecule has 0 atom stereocenters. The van der Waals surface area contributed by atoms with Crippen molar-refractivity contribution in [2.75, 3.05) is 13.6 Å². The molecule has 1 aromatic carbocycles. The zero-order valence-electron chi connectivity index (χ0n) is 16.5. The second-order valence-electron chi connectivity index (χ2n) is 6.76. The van der Waals surface area contributed by atoms with Crippen LogP contribution >= 0.6 is 0 Å². The molecule has 0 bridgehead atoms. The maximum atomic E-state index is 5.93. The smallest absolute Gasteiger partial charge is 0.191 e.